The monoisotopic (exact) mass is 347 g/mol. The fourth-order valence-corrected chi connectivity index (χ4v) is 2.86. The molecule has 1 atom stereocenters. The second-order valence-electron chi connectivity index (χ2n) is 7.62. The third-order valence-corrected chi connectivity index (χ3v) is 4.25. The van der Waals surface area contributed by atoms with E-state index in [-0.39, 0.29) is 17.7 Å². The Balaban J connectivity index is 1.74. The van der Waals surface area contributed by atoms with Crippen LogP contribution in [0.3, 0.4) is 0 Å². The lowest BCUT2D eigenvalue weighted by atomic mass is 9.91. The number of aryl methyl sites for hydroxylation is 1. The number of carbonyl (C=O) groups is 2. The summed E-state index contributed by atoms with van der Waals surface area (Å²) in [5.74, 6) is 0.700. The van der Waals surface area contributed by atoms with Gasteiger partial charge >= 0.3 is 0 Å². The largest absolute Gasteiger partial charge is 0.367 e. The maximum atomic E-state index is 12.4. The zero-order valence-electron chi connectivity index (χ0n) is 15.6. The first kappa shape index (κ1) is 19.1. The van der Waals surface area contributed by atoms with Crippen molar-refractivity contribution in [1.29, 1.82) is 0 Å². The highest BCUT2D eigenvalue weighted by atomic mass is 16.2. The Morgan fingerprint density at radius 3 is 2.64 bits per heavy atom. The second kappa shape index (κ2) is 8.27. The molecule has 2 amide bonds. The molecule has 2 rings (SSSR count). The van der Waals surface area contributed by atoms with Crippen LogP contribution in [0.15, 0.2) is 12.1 Å². The van der Waals surface area contributed by atoms with Gasteiger partial charge in [0.15, 0.2) is 0 Å². The summed E-state index contributed by atoms with van der Waals surface area (Å²) in [5.41, 5.74) is 0.461. The maximum Gasteiger partial charge on any atom is 0.227 e. The Bertz CT molecular complexity index is 594. The predicted molar refractivity (Wildman–Crippen MR) is 97.0 cm³/mol. The molecule has 25 heavy (non-hydrogen) atoms. The van der Waals surface area contributed by atoms with Crippen molar-refractivity contribution in [2.45, 2.75) is 40.5 Å². The fraction of sp³-hybridized carbons (Fsp3) is 0.667. The summed E-state index contributed by atoms with van der Waals surface area (Å²) in [6.45, 7) is 9.98. The molecule has 1 aromatic heterocycles. The van der Waals surface area contributed by atoms with Crippen molar-refractivity contribution in [3.63, 3.8) is 0 Å². The van der Waals surface area contributed by atoms with Crippen molar-refractivity contribution in [1.82, 2.24) is 20.4 Å². The van der Waals surface area contributed by atoms with Crippen LogP contribution in [0.5, 0.6) is 0 Å². The van der Waals surface area contributed by atoms with E-state index in [9.17, 15) is 9.59 Å². The smallest absolute Gasteiger partial charge is 0.227 e. The van der Waals surface area contributed by atoms with Gasteiger partial charge in [-0.05, 0) is 31.9 Å². The van der Waals surface area contributed by atoms with Crippen LogP contribution >= 0.6 is 0 Å². The van der Waals surface area contributed by atoms with E-state index < -0.39 is 5.41 Å². The minimum absolute atomic E-state index is 0.0169. The zero-order chi connectivity index (χ0) is 18.4. The number of hydrogen-bond acceptors (Lipinski definition) is 5. The van der Waals surface area contributed by atoms with Gasteiger partial charge in [-0.15, -0.1) is 5.10 Å². The normalized spacial score (nSPS) is 17.9. The number of amides is 2. The van der Waals surface area contributed by atoms with Gasteiger partial charge in [-0.3, -0.25) is 9.59 Å². The molecule has 0 saturated carbocycles. The number of nitrogens with zero attached hydrogens (tertiary/aromatic N) is 3. The summed E-state index contributed by atoms with van der Waals surface area (Å²) < 4.78 is 0. The number of hydrogen-bond donors (Lipinski definition) is 2. The highest BCUT2D eigenvalue weighted by Crippen LogP contribution is 2.23. The Morgan fingerprint density at radius 2 is 2.00 bits per heavy atom. The van der Waals surface area contributed by atoms with E-state index in [2.05, 4.69) is 20.8 Å². The Morgan fingerprint density at radius 1 is 1.24 bits per heavy atom. The average molecular weight is 347 g/mol. The van der Waals surface area contributed by atoms with E-state index in [4.69, 9.17) is 0 Å². The van der Waals surface area contributed by atoms with Gasteiger partial charge in [0.1, 0.15) is 5.82 Å². The number of rotatable bonds is 5. The lowest BCUT2D eigenvalue weighted by Crippen LogP contribution is -2.49. The summed E-state index contributed by atoms with van der Waals surface area (Å²) in [7, 11) is 0. The number of nitrogens with one attached hydrogen (secondary N) is 2. The molecule has 138 valence electrons. The molecular weight excluding hydrogens is 318 g/mol. The molecule has 2 heterocycles. The molecule has 0 spiro atoms. The van der Waals surface area contributed by atoms with E-state index in [1.54, 1.807) is 0 Å². The van der Waals surface area contributed by atoms with Gasteiger partial charge in [0.25, 0.3) is 0 Å². The first-order chi connectivity index (χ1) is 11.8. The minimum Gasteiger partial charge on any atom is -0.367 e. The molecule has 7 heteroatoms. The third kappa shape index (κ3) is 5.69. The summed E-state index contributed by atoms with van der Waals surface area (Å²) in [6, 6.07) is 3.75. The van der Waals surface area contributed by atoms with Gasteiger partial charge in [0.2, 0.25) is 11.8 Å². The Labute approximate surface area is 149 Å². The molecule has 1 unspecified atom stereocenters. The van der Waals surface area contributed by atoms with Crippen LogP contribution in [0.25, 0.3) is 0 Å². The zero-order valence-corrected chi connectivity index (χ0v) is 15.6. The number of aromatic nitrogens is 2. The highest BCUT2D eigenvalue weighted by Gasteiger charge is 2.33. The van der Waals surface area contributed by atoms with Crippen LogP contribution in [0.2, 0.25) is 0 Å². The predicted octanol–water partition coefficient (Wildman–Crippen LogP) is 1.60. The van der Waals surface area contributed by atoms with E-state index in [0.29, 0.717) is 25.5 Å². The molecule has 1 fully saturated rings. The molecule has 1 aromatic rings. The van der Waals surface area contributed by atoms with Crippen LogP contribution in [0, 0.1) is 18.3 Å². The standard InChI is InChI=1S/C18H29N5O2/c1-13-7-8-15(22-21-13)19-9-10-20-16(24)14-6-5-11-23(12-14)17(25)18(2,3)4/h7-8,14H,5-6,9-12H2,1-4H3,(H,19,22)(H,20,24). The van der Waals surface area contributed by atoms with Crippen LogP contribution in [0.1, 0.15) is 39.3 Å². The van der Waals surface area contributed by atoms with Crippen molar-refractivity contribution < 1.29 is 9.59 Å². The van der Waals surface area contributed by atoms with Crippen LogP contribution in [-0.4, -0.2) is 53.1 Å². The molecule has 1 aliphatic rings. The number of piperidine rings is 1. The van der Waals surface area contributed by atoms with Crippen molar-refractivity contribution >= 4 is 17.6 Å². The second-order valence-corrected chi connectivity index (χ2v) is 7.62. The fourth-order valence-electron chi connectivity index (χ4n) is 2.86. The van der Waals surface area contributed by atoms with Gasteiger partial charge in [-0.25, -0.2) is 0 Å². The summed E-state index contributed by atoms with van der Waals surface area (Å²) in [4.78, 5) is 26.6. The van der Waals surface area contributed by atoms with Crippen LogP contribution in [-0.2, 0) is 9.59 Å². The van der Waals surface area contributed by atoms with Gasteiger partial charge in [-0.2, -0.15) is 5.10 Å². The molecule has 1 saturated heterocycles. The first-order valence-corrected chi connectivity index (χ1v) is 8.88. The van der Waals surface area contributed by atoms with Crippen LogP contribution < -0.4 is 10.6 Å². The minimum atomic E-state index is -0.405. The van der Waals surface area contributed by atoms with E-state index in [1.807, 2.05) is 44.7 Å². The molecule has 2 N–H and O–H groups in total. The number of likely N-dealkylation sites (tertiary alicyclic amines) is 1. The number of carbonyl (C=O) groups excluding carboxylic acids is 2. The van der Waals surface area contributed by atoms with Crippen molar-refractivity contribution in [3.05, 3.63) is 17.8 Å². The van der Waals surface area contributed by atoms with Gasteiger partial charge in [0.05, 0.1) is 11.6 Å². The summed E-state index contributed by atoms with van der Waals surface area (Å²) in [6.07, 6.45) is 1.70. The SMILES string of the molecule is Cc1ccc(NCCNC(=O)C2CCCN(C(=O)C(C)(C)C)C2)nn1. The van der Waals surface area contributed by atoms with Crippen LogP contribution in [0.4, 0.5) is 5.82 Å². The number of anilines is 1. The van der Waals surface area contributed by atoms with Crippen molar-refractivity contribution in [2.75, 3.05) is 31.5 Å². The lowest BCUT2D eigenvalue weighted by molar-refractivity contribution is -0.142. The van der Waals surface area contributed by atoms with Gasteiger partial charge in [0, 0.05) is 31.6 Å². The Kier molecular flexibility index (Phi) is 6.33. The van der Waals surface area contributed by atoms with E-state index >= 15 is 0 Å². The van der Waals surface area contributed by atoms with Crippen molar-refractivity contribution in [2.24, 2.45) is 11.3 Å². The topological polar surface area (TPSA) is 87.2 Å². The quantitative estimate of drug-likeness (QED) is 0.790. The summed E-state index contributed by atoms with van der Waals surface area (Å²) >= 11 is 0. The van der Waals surface area contributed by atoms with Gasteiger partial charge < -0.3 is 15.5 Å². The summed E-state index contributed by atoms with van der Waals surface area (Å²) in [5, 5.41) is 14.1. The molecule has 7 nitrogen and oxygen atoms in total. The molecule has 1 aliphatic heterocycles. The first-order valence-electron chi connectivity index (χ1n) is 8.88. The molecule has 0 bridgehead atoms. The molecule has 0 aliphatic carbocycles. The molecule has 0 radical (unpaired) electrons. The average Bonchev–Trinajstić information content (AvgIpc) is 2.58. The lowest BCUT2D eigenvalue weighted by Gasteiger charge is -2.35. The molecule has 0 aromatic carbocycles. The Hall–Kier alpha value is -2.18. The highest BCUT2D eigenvalue weighted by molar-refractivity contribution is 5.83. The van der Waals surface area contributed by atoms with Gasteiger partial charge in [-0.1, -0.05) is 20.8 Å². The van der Waals surface area contributed by atoms with E-state index in [1.165, 1.54) is 0 Å². The third-order valence-electron chi connectivity index (χ3n) is 4.25. The molecular formula is C18H29N5O2. The maximum absolute atomic E-state index is 12.4. The van der Waals surface area contributed by atoms with Crippen molar-refractivity contribution in [3.8, 4) is 0 Å². The van der Waals surface area contributed by atoms with E-state index in [0.717, 1.165) is 25.1 Å².